The second-order valence-corrected chi connectivity index (χ2v) is 8.08. The number of carbonyl (C=O) groups is 3. The number of carboxylic acids is 2. The number of likely N-dealkylation sites (tertiary alicyclic amines) is 1. The molecule has 0 aromatic heterocycles. The summed E-state index contributed by atoms with van der Waals surface area (Å²) in [4.78, 5) is 33.3. The number of hydrogen-bond donors (Lipinski definition) is 2. The Balaban J connectivity index is 0.000000717. The number of carbonyl (C=O) groups excluding carboxylic acids is 1. The highest BCUT2D eigenvalue weighted by atomic mass is 16.5. The van der Waals surface area contributed by atoms with Gasteiger partial charge in [0.15, 0.2) is 0 Å². The summed E-state index contributed by atoms with van der Waals surface area (Å²) < 4.78 is 5.21. The molecule has 0 unspecified atom stereocenters. The van der Waals surface area contributed by atoms with Gasteiger partial charge in [0.2, 0.25) is 0 Å². The average molecular weight is 416 g/mol. The fraction of sp³-hybridized carbons (Fsp3) is 0.864. The largest absolute Gasteiger partial charge is 0.481 e. The quantitative estimate of drug-likeness (QED) is 0.309. The lowest BCUT2D eigenvalue weighted by Crippen LogP contribution is -2.30. The Morgan fingerprint density at radius 1 is 0.966 bits per heavy atom. The minimum absolute atomic E-state index is 0.254. The number of methoxy groups -OCH3 is 1. The van der Waals surface area contributed by atoms with Crippen LogP contribution in [0.3, 0.4) is 0 Å². The van der Waals surface area contributed by atoms with E-state index in [9.17, 15) is 14.4 Å². The normalized spacial score (nSPS) is 15.0. The topological polar surface area (TPSA) is 104 Å². The van der Waals surface area contributed by atoms with Gasteiger partial charge in [0, 0.05) is 32.5 Å². The first-order valence-electron chi connectivity index (χ1n) is 10.9. The molecule has 1 fully saturated rings. The summed E-state index contributed by atoms with van der Waals surface area (Å²) in [6, 6.07) is 0. The summed E-state index contributed by atoms with van der Waals surface area (Å²) in [7, 11) is 3.79. The van der Waals surface area contributed by atoms with Crippen molar-refractivity contribution in [3.05, 3.63) is 0 Å². The van der Waals surface area contributed by atoms with E-state index in [-0.39, 0.29) is 12.8 Å². The van der Waals surface area contributed by atoms with E-state index >= 15 is 0 Å². The molecule has 0 aliphatic carbocycles. The minimum atomic E-state index is -0.725. The van der Waals surface area contributed by atoms with E-state index in [1.165, 1.54) is 0 Å². The molecular formula is C22H41NO6. The zero-order valence-electron chi connectivity index (χ0n) is 18.3. The summed E-state index contributed by atoms with van der Waals surface area (Å²) in [5.74, 6) is -0.593. The second kappa shape index (κ2) is 18.6. The van der Waals surface area contributed by atoms with Crippen molar-refractivity contribution < 1.29 is 29.3 Å². The first kappa shape index (κ1) is 27.5. The Kier molecular flexibility index (Phi) is 17.6. The van der Waals surface area contributed by atoms with Gasteiger partial charge in [-0.05, 0) is 64.6 Å². The van der Waals surface area contributed by atoms with Gasteiger partial charge >= 0.3 is 11.9 Å². The smallest absolute Gasteiger partial charge is 0.303 e. The number of aldehydes is 1. The first-order chi connectivity index (χ1) is 13.9. The van der Waals surface area contributed by atoms with E-state index in [0.717, 1.165) is 90.2 Å². The molecule has 29 heavy (non-hydrogen) atoms. The number of carboxylic acid groups (broad SMARTS) is 2. The molecule has 0 aromatic carbocycles. The molecule has 1 saturated heterocycles. The fourth-order valence-electron chi connectivity index (χ4n) is 3.48. The number of aliphatic carboxylic acids is 2. The Bertz CT molecular complexity index is 411. The zero-order chi connectivity index (χ0) is 21.9. The average Bonchev–Trinajstić information content (AvgIpc) is 2.68. The van der Waals surface area contributed by atoms with Crippen LogP contribution in [0, 0.1) is 11.8 Å². The van der Waals surface area contributed by atoms with Gasteiger partial charge in [-0.25, -0.2) is 0 Å². The molecule has 1 aliphatic heterocycles. The van der Waals surface area contributed by atoms with Gasteiger partial charge < -0.3 is 24.6 Å². The second-order valence-electron chi connectivity index (χ2n) is 8.08. The van der Waals surface area contributed by atoms with E-state index in [1.807, 2.05) is 0 Å². The van der Waals surface area contributed by atoms with E-state index in [1.54, 1.807) is 7.11 Å². The number of unbranched alkanes of at least 4 members (excludes halogenated alkanes) is 4. The maximum Gasteiger partial charge on any atom is 0.303 e. The minimum Gasteiger partial charge on any atom is -0.481 e. The van der Waals surface area contributed by atoms with Crippen molar-refractivity contribution in [1.29, 1.82) is 0 Å². The van der Waals surface area contributed by atoms with Crippen molar-refractivity contribution in [1.82, 2.24) is 4.90 Å². The van der Waals surface area contributed by atoms with E-state index in [0.29, 0.717) is 11.8 Å². The van der Waals surface area contributed by atoms with Crippen molar-refractivity contribution in [2.75, 3.05) is 33.9 Å². The van der Waals surface area contributed by atoms with E-state index < -0.39 is 11.9 Å². The lowest BCUT2D eigenvalue weighted by Gasteiger charge is -2.25. The van der Waals surface area contributed by atoms with Crippen LogP contribution >= 0.6 is 0 Å². The van der Waals surface area contributed by atoms with Gasteiger partial charge in [0.05, 0.1) is 0 Å². The van der Waals surface area contributed by atoms with Crippen LogP contribution in [-0.4, -0.2) is 67.2 Å². The third-order valence-corrected chi connectivity index (χ3v) is 5.36. The van der Waals surface area contributed by atoms with Crippen molar-refractivity contribution in [3.8, 4) is 0 Å². The molecule has 0 saturated carbocycles. The van der Waals surface area contributed by atoms with Crippen molar-refractivity contribution in [3.63, 3.8) is 0 Å². The number of rotatable bonds is 15. The van der Waals surface area contributed by atoms with E-state index in [4.69, 9.17) is 14.9 Å². The Labute approximate surface area is 175 Å². The monoisotopic (exact) mass is 415 g/mol. The maximum atomic E-state index is 10.4. The number of hydrogen-bond acceptors (Lipinski definition) is 5. The third-order valence-electron chi connectivity index (χ3n) is 5.36. The standard InChI is InChI=1S/C15H28O5.C7H13NO/c1-20-12-13(8-4-2-6-10-14(16)17)9-5-3-7-11-15(18)19;1-8-4-2-7(6-9)3-5-8/h13H,2-12H2,1H3,(H,16,17)(H,18,19);6-7H,2-5H2,1H3. The van der Waals surface area contributed by atoms with Gasteiger partial charge in [-0.15, -0.1) is 0 Å². The third kappa shape index (κ3) is 18.3. The fourth-order valence-corrected chi connectivity index (χ4v) is 3.48. The highest BCUT2D eigenvalue weighted by Crippen LogP contribution is 2.18. The predicted molar refractivity (Wildman–Crippen MR) is 113 cm³/mol. The van der Waals surface area contributed by atoms with Gasteiger partial charge in [-0.3, -0.25) is 9.59 Å². The van der Waals surface area contributed by atoms with Crippen molar-refractivity contribution in [2.24, 2.45) is 11.8 Å². The van der Waals surface area contributed by atoms with Crippen LogP contribution in [0.5, 0.6) is 0 Å². The lowest BCUT2D eigenvalue weighted by molar-refractivity contribution is -0.138. The van der Waals surface area contributed by atoms with Gasteiger partial charge in [-0.1, -0.05) is 25.7 Å². The summed E-state index contributed by atoms with van der Waals surface area (Å²) >= 11 is 0. The molecule has 0 atom stereocenters. The molecule has 0 bridgehead atoms. The molecule has 1 aliphatic rings. The van der Waals surface area contributed by atoms with Gasteiger partial charge in [0.25, 0.3) is 0 Å². The lowest BCUT2D eigenvalue weighted by atomic mass is 9.95. The highest BCUT2D eigenvalue weighted by molar-refractivity contribution is 5.66. The summed E-state index contributed by atoms with van der Waals surface area (Å²) in [6.45, 7) is 2.91. The highest BCUT2D eigenvalue weighted by Gasteiger charge is 2.14. The Morgan fingerprint density at radius 2 is 1.45 bits per heavy atom. The summed E-state index contributed by atoms with van der Waals surface area (Å²) in [5, 5.41) is 17.1. The summed E-state index contributed by atoms with van der Waals surface area (Å²) in [5.41, 5.74) is 0. The van der Waals surface area contributed by atoms with Gasteiger partial charge in [0.1, 0.15) is 6.29 Å². The Morgan fingerprint density at radius 3 is 1.83 bits per heavy atom. The van der Waals surface area contributed by atoms with Crippen molar-refractivity contribution in [2.45, 2.75) is 77.0 Å². The van der Waals surface area contributed by atoms with Crippen LogP contribution in [0.15, 0.2) is 0 Å². The molecule has 1 heterocycles. The SMILES string of the molecule is CN1CCC(C=O)CC1.COCC(CCCCCC(=O)O)CCCCCC(=O)O. The van der Waals surface area contributed by atoms with Gasteiger partial charge in [-0.2, -0.15) is 0 Å². The molecule has 0 aromatic rings. The van der Waals surface area contributed by atoms with Crippen LogP contribution in [-0.2, 0) is 19.1 Å². The molecule has 170 valence electrons. The van der Waals surface area contributed by atoms with Crippen LogP contribution in [0.25, 0.3) is 0 Å². The number of nitrogens with zero attached hydrogens (tertiary/aromatic N) is 1. The van der Waals surface area contributed by atoms with Crippen LogP contribution in [0.2, 0.25) is 0 Å². The molecule has 0 radical (unpaired) electrons. The predicted octanol–water partition coefficient (Wildman–Crippen LogP) is 3.85. The molecular weight excluding hydrogens is 374 g/mol. The zero-order valence-corrected chi connectivity index (χ0v) is 18.3. The molecule has 2 N–H and O–H groups in total. The molecule has 0 spiro atoms. The van der Waals surface area contributed by atoms with Crippen LogP contribution in [0.4, 0.5) is 0 Å². The van der Waals surface area contributed by atoms with Crippen LogP contribution < -0.4 is 0 Å². The van der Waals surface area contributed by atoms with Crippen LogP contribution in [0.1, 0.15) is 77.0 Å². The molecule has 1 rings (SSSR count). The molecule has 7 nitrogen and oxygen atoms in total. The number of piperidine rings is 1. The Hall–Kier alpha value is -1.47. The molecule has 0 amide bonds. The molecule has 7 heteroatoms. The van der Waals surface area contributed by atoms with Crippen molar-refractivity contribution >= 4 is 18.2 Å². The summed E-state index contributed by atoms with van der Waals surface area (Å²) in [6.07, 6.45) is 11.3. The van der Waals surface area contributed by atoms with E-state index in [2.05, 4.69) is 11.9 Å². The first-order valence-corrected chi connectivity index (χ1v) is 10.9. The number of ether oxygens (including phenoxy) is 1. The maximum absolute atomic E-state index is 10.4.